The van der Waals surface area contributed by atoms with E-state index in [1.807, 2.05) is 29.6 Å². The SMILES string of the molecule is CN(C(=O)Cc1ccc2c(c1)NC(=O)C2)[C@H](CN1CCCC1)c1cc(F)cc(-c2nccs2)c1. The second-order valence-corrected chi connectivity index (χ2v) is 9.93. The fraction of sp³-hybridized carbons (Fsp3) is 0.346. The van der Waals surface area contributed by atoms with Gasteiger partial charge in [-0.2, -0.15) is 0 Å². The van der Waals surface area contributed by atoms with Gasteiger partial charge >= 0.3 is 0 Å². The van der Waals surface area contributed by atoms with Gasteiger partial charge in [-0.15, -0.1) is 11.3 Å². The number of benzene rings is 2. The predicted molar refractivity (Wildman–Crippen MR) is 131 cm³/mol. The van der Waals surface area contributed by atoms with Crippen LogP contribution >= 0.6 is 11.3 Å². The fourth-order valence-corrected chi connectivity index (χ4v) is 5.43. The summed E-state index contributed by atoms with van der Waals surface area (Å²) in [6.07, 6.45) is 4.58. The van der Waals surface area contributed by atoms with Crippen molar-refractivity contribution in [3.05, 3.63) is 70.5 Å². The molecule has 176 valence electrons. The molecule has 3 heterocycles. The van der Waals surface area contributed by atoms with Crippen LogP contribution in [0, 0.1) is 5.82 Å². The molecule has 0 aliphatic carbocycles. The van der Waals surface area contributed by atoms with Crippen LogP contribution < -0.4 is 5.32 Å². The first-order chi connectivity index (χ1) is 16.5. The number of likely N-dealkylation sites (tertiary alicyclic amines) is 1. The van der Waals surface area contributed by atoms with Gasteiger partial charge in [-0.1, -0.05) is 12.1 Å². The Hall–Kier alpha value is -3.10. The molecule has 0 unspecified atom stereocenters. The summed E-state index contributed by atoms with van der Waals surface area (Å²) in [5.74, 6) is -0.402. The number of rotatable bonds is 7. The topological polar surface area (TPSA) is 65.5 Å². The third kappa shape index (κ3) is 4.88. The van der Waals surface area contributed by atoms with Crippen molar-refractivity contribution < 1.29 is 14.0 Å². The summed E-state index contributed by atoms with van der Waals surface area (Å²) in [5.41, 5.74) is 4.09. The molecule has 3 aromatic rings. The minimum atomic E-state index is -0.329. The molecule has 2 amide bonds. The van der Waals surface area contributed by atoms with Crippen LogP contribution in [0.1, 0.15) is 35.6 Å². The van der Waals surface area contributed by atoms with Crippen LogP contribution in [0.15, 0.2) is 48.0 Å². The number of hydrogen-bond donors (Lipinski definition) is 1. The van der Waals surface area contributed by atoms with Gasteiger partial charge in [-0.3, -0.25) is 9.59 Å². The van der Waals surface area contributed by atoms with E-state index in [4.69, 9.17) is 0 Å². The van der Waals surface area contributed by atoms with Crippen molar-refractivity contribution in [2.75, 3.05) is 32.0 Å². The van der Waals surface area contributed by atoms with Crippen LogP contribution in [0.25, 0.3) is 10.6 Å². The number of carbonyl (C=O) groups is 2. The summed E-state index contributed by atoms with van der Waals surface area (Å²) < 4.78 is 14.7. The number of halogens is 1. The molecule has 5 rings (SSSR count). The number of fused-ring (bicyclic) bond motifs is 1. The van der Waals surface area contributed by atoms with Gasteiger partial charge in [0, 0.05) is 36.4 Å². The van der Waals surface area contributed by atoms with Crippen molar-refractivity contribution in [1.82, 2.24) is 14.8 Å². The average Bonchev–Trinajstić information content (AvgIpc) is 3.57. The lowest BCUT2D eigenvalue weighted by Crippen LogP contribution is -2.39. The van der Waals surface area contributed by atoms with Gasteiger partial charge in [-0.05, 0) is 66.9 Å². The maximum atomic E-state index is 14.7. The van der Waals surface area contributed by atoms with Gasteiger partial charge < -0.3 is 15.1 Å². The molecule has 8 heteroatoms. The lowest BCUT2D eigenvalue weighted by molar-refractivity contribution is -0.131. The molecule has 0 spiro atoms. The Balaban J connectivity index is 1.41. The molecule has 34 heavy (non-hydrogen) atoms. The molecule has 1 saturated heterocycles. The summed E-state index contributed by atoms with van der Waals surface area (Å²) in [6.45, 7) is 2.62. The monoisotopic (exact) mass is 478 g/mol. The van der Waals surface area contributed by atoms with E-state index in [9.17, 15) is 14.0 Å². The van der Waals surface area contributed by atoms with Gasteiger partial charge in [0.2, 0.25) is 11.8 Å². The number of nitrogens with one attached hydrogen (secondary N) is 1. The lowest BCUT2D eigenvalue weighted by atomic mass is 10.0. The Morgan fingerprint density at radius 2 is 2.06 bits per heavy atom. The maximum Gasteiger partial charge on any atom is 0.228 e. The number of thiazole rings is 1. The molecule has 2 aliphatic heterocycles. The summed E-state index contributed by atoms with van der Waals surface area (Å²) in [6, 6.07) is 10.4. The van der Waals surface area contributed by atoms with Crippen molar-refractivity contribution in [3.8, 4) is 10.6 Å². The number of anilines is 1. The van der Waals surface area contributed by atoms with E-state index < -0.39 is 0 Å². The number of nitrogens with zero attached hydrogens (tertiary/aromatic N) is 3. The minimum absolute atomic E-state index is 0.0246. The number of aromatic nitrogens is 1. The summed E-state index contributed by atoms with van der Waals surface area (Å²) in [5, 5.41) is 5.48. The van der Waals surface area contributed by atoms with Crippen molar-refractivity contribution in [3.63, 3.8) is 0 Å². The van der Waals surface area contributed by atoms with Crippen LogP contribution in [-0.4, -0.2) is 53.3 Å². The largest absolute Gasteiger partial charge is 0.337 e. The summed E-state index contributed by atoms with van der Waals surface area (Å²) in [7, 11) is 1.80. The zero-order chi connectivity index (χ0) is 23.7. The van der Waals surface area contributed by atoms with Crippen LogP contribution in [0.4, 0.5) is 10.1 Å². The Morgan fingerprint density at radius 1 is 1.24 bits per heavy atom. The molecule has 0 radical (unpaired) electrons. The third-order valence-electron chi connectivity index (χ3n) is 6.63. The highest BCUT2D eigenvalue weighted by Crippen LogP contribution is 2.31. The van der Waals surface area contributed by atoms with E-state index in [-0.39, 0.29) is 30.1 Å². The number of amides is 2. The molecule has 1 atom stereocenters. The first-order valence-corrected chi connectivity index (χ1v) is 12.4. The van der Waals surface area contributed by atoms with Gasteiger partial charge in [0.05, 0.1) is 18.9 Å². The molecular weight excluding hydrogens is 451 g/mol. The molecule has 2 aromatic carbocycles. The van der Waals surface area contributed by atoms with Gasteiger partial charge in [0.15, 0.2) is 0 Å². The van der Waals surface area contributed by atoms with E-state index in [2.05, 4.69) is 15.2 Å². The van der Waals surface area contributed by atoms with Crippen molar-refractivity contribution in [2.45, 2.75) is 31.7 Å². The molecule has 2 aliphatic rings. The molecule has 0 saturated carbocycles. The van der Waals surface area contributed by atoms with Gasteiger partial charge in [-0.25, -0.2) is 9.37 Å². The molecule has 1 aromatic heterocycles. The molecular formula is C26H27FN4O2S. The quantitative estimate of drug-likeness (QED) is 0.551. The van der Waals surface area contributed by atoms with Crippen molar-refractivity contribution >= 4 is 28.8 Å². The normalized spacial score (nSPS) is 16.4. The van der Waals surface area contributed by atoms with E-state index >= 15 is 0 Å². The fourth-order valence-electron chi connectivity index (χ4n) is 4.80. The standard InChI is InChI=1S/C26H27FN4O2S/c1-30(25(33)11-17-4-5-18-15-24(32)29-22(18)10-17)23(16-31-7-2-3-8-31)19-12-20(14-21(27)13-19)26-28-6-9-34-26/h4-6,9-10,12-14,23H,2-3,7-8,11,15-16H2,1H3,(H,29,32)/t23-/m1/s1. The highest BCUT2D eigenvalue weighted by molar-refractivity contribution is 7.13. The highest BCUT2D eigenvalue weighted by atomic mass is 32.1. The van der Waals surface area contributed by atoms with E-state index in [1.165, 1.54) is 23.5 Å². The zero-order valence-corrected chi connectivity index (χ0v) is 19.9. The predicted octanol–water partition coefficient (Wildman–Crippen LogP) is 4.28. The molecule has 0 bridgehead atoms. The van der Waals surface area contributed by atoms with Gasteiger partial charge in [0.1, 0.15) is 10.8 Å². The van der Waals surface area contributed by atoms with Crippen molar-refractivity contribution in [1.29, 1.82) is 0 Å². The lowest BCUT2D eigenvalue weighted by Gasteiger charge is -2.32. The van der Waals surface area contributed by atoms with Crippen LogP contribution in [0.2, 0.25) is 0 Å². The first kappa shape index (κ1) is 22.7. The molecule has 1 fully saturated rings. The number of likely N-dealkylation sites (N-methyl/N-ethyl adjacent to an activating group) is 1. The molecule has 6 nitrogen and oxygen atoms in total. The second kappa shape index (κ2) is 9.64. The number of carbonyl (C=O) groups excluding carboxylic acids is 2. The highest BCUT2D eigenvalue weighted by Gasteiger charge is 2.27. The van der Waals surface area contributed by atoms with Crippen LogP contribution in [-0.2, 0) is 22.4 Å². The van der Waals surface area contributed by atoms with E-state index in [1.54, 1.807) is 18.1 Å². The summed E-state index contributed by atoms with van der Waals surface area (Å²) in [4.78, 5) is 33.5. The van der Waals surface area contributed by atoms with E-state index in [0.29, 0.717) is 13.0 Å². The maximum absolute atomic E-state index is 14.7. The Labute approximate surface area is 202 Å². The Kier molecular flexibility index (Phi) is 6.43. The smallest absolute Gasteiger partial charge is 0.228 e. The van der Waals surface area contributed by atoms with Crippen molar-refractivity contribution in [2.24, 2.45) is 0 Å². The third-order valence-corrected chi connectivity index (χ3v) is 7.45. The van der Waals surface area contributed by atoms with Crippen LogP contribution in [0.5, 0.6) is 0 Å². The van der Waals surface area contributed by atoms with Gasteiger partial charge in [0.25, 0.3) is 0 Å². The second-order valence-electron chi connectivity index (χ2n) is 9.03. The Bertz CT molecular complexity index is 1210. The zero-order valence-electron chi connectivity index (χ0n) is 19.1. The average molecular weight is 479 g/mol. The van der Waals surface area contributed by atoms with E-state index in [0.717, 1.165) is 58.9 Å². The Morgan fingerprint density at radius 3 is 2.82 bits per heavy atom. The minimum Gasteiger partial charge on any atom is -0.337 e. The van der Waals surface area contributed by atoms with Crippen LogP contribution in [0.3, 0.4) is 0 Å². The summed E-state index contributed by atoms with van der Waals surface area (Å²) >= 11 is 1.47. The number of hydrogen-bond acceptors (Lipinski definition) is 5. The molecule has 1 N–H and O–H groups in total. The first-order valence-electron chi connectivity index (χ1n) is 11.6.